The van der Waals surface area contributed by atoms with Gasteiger partial charge in [-0.05, 0) is 17.7 Å². The van der Waals surface area contributed by atoms with Crippen LogP contribution in [0.15, 0.2) is 65.5 Å². The Hall–Kier alpha value is -2.46. The Morgan fingerprint density at radius 2 is 1.76 bits per heavy atom. The third-order valence-corrected chi connectivity index (χ3v) is 4.09. The van der Waals surface area contributed by atoms with Crippen molar-refractivity contribution in [3.05, 3.63) is 71.1 Å². The number of benzene rings is 2. The smallest absolute Gasteiger partial charge is 0.160 e. The lowest BCUT2D eigenvalue weighted by atomic mass is 10.2. The fourth-order valence-electron chi connectivity index (χ4n) is 2.52. The average Bonchev–Trinajstić information content (AvgIpc) is 3.16. The SMILES string of the molecule is c1ccc(Cn2c(-c3cscn3)nc3ccccc32)cc1. The molecule has 0 N–H and O–H groups in total. The van der Waals surface area contributed by atoms with Crippen LogP contribution in [0.2, 0.25) is 0 Å². The zero-order valence-electron chi connectivity index (χ0n) is 11.3. The van der Waals surface area contributed by atoms with Crippen molar-refractivity contribution in [2.45, 2.75) is 6.54 Å². The highest BCUT2D eigenvalue weighted by molar-refractivity contribution is 7.07. The van der Waals surface area contributed by atoms with Gasteiger partial charge in [0.1, 0.15) is 5.69 Å². The van der Waals surface area contributed by atoms with Gasteiger partial charge in [-0.1, -0.05) is 42.5 Å². The molecule has 0 saturated carbocycles. The fourth-order valence-corrected chi connectivity index (χ4v) is 3.05. The van der Waals surface area contributed by atoms with E-state index in [1.54, 1.807) is 11.3 Å². The molecular formula is C17H13N3S. The molecule has 3 nitrogen and oxygen atoms in total. The van der Waals surface area contributed by atoms with Crippen molar-refractivity contribution >= 4 is 22.4 Å². The summed E-state index contributed by atoms with van der Waals surface area (Å²) in [5, 5.41) is 2.04. The van der Waals surface area contributed by atoms with E-state index in [2.05, 4.69) is 45.9 Å². The second-order valence-corrected chi connectivity index (χ2v) is 5.59. The average molecular weight is 291 g/mol. The minimum Gasteiger partial charge on any atom is -0.318 e. The van der Waals surface area contributed by atoms with E-state index in [0.717, 1.165) is 29.1 Å². The number of thiazole rings is 1. The summed E-state index contributed by atoms with van der Waals surface area (Å²) in [6.07, 6.45) is 0. The number of imidazole rings is 1. The fraction of sp³-hybridized carbons (Fsp3) is 0.0588. The standard InChI is InChI=1S/C17H13N3S/c1-2-6-13(7-3-1)10-20-16-9-5-4-8-14(16)19-17(20)15-11-21-12-18-15/h1-9,11-12H,10H2. The zero-order valence-corrected chi connectivity index (χ0v) is 12.1. The highest BCUT2D eigenvalue weighted by Gasteiger charge is 2.13. The van der Waals surface area contributed by atoms with E-state index in [1.807, 2.05) is 29.1 Å². The molecule has 0 unspecified atom stereocenters. The van der Waals surface area contributed by atoms with Gasteiger partial charge in [0.2, 0.25) is 0 Å². The summed E-state index contributed by atoms with van der Waals surface area (Å²) in [6.45, 7) is 0.800. The lowest BCUT2D eigenvalue weighted by Gasteiger charge is -2.08. The molecule has 0 fully saturated rings. The van der Waals surface area contributed by atoms with Gasteiger partial charge >= 0.3 is 0 Å². The Morgan fingerprint density at radius 3 is 2.57 bits per heavy atom. The first-order valence-electron chi connectivity index (χ1n) is 6.79. The first kappa shape index (κ1) is 12.3. The molecule has 4 heteroatoms. The predicted molar refractivity (Wildman–Crippen MR) is 86.4 cm³/mol. The maximum Gasteiger partial charge on any atom is 0.160 e. The zero-order chi connectivity index (χ0) is 14.1. The van der Waals surface area contributed by atoms with Crippen LogP contribution in [0.4, 0.5) is 0 Å². The first-order valence-corrected chi connectivity index (χ1v) is 7.74. The molecule has 0 radical (unpaired) electrons. The molecule has 102 valence electrons. The lowest BCUT2D eigenvalue weighted by molar-refractivity contribution is 0.831. The molecule has 4 rings (SSSR count). The van der Waals surface area contributed by atoms with Crippen molar-refractivity contribution in [2.75, 3.05) is 0 Å². The maximum absolute atomic E-state index is 4.76. The largest absolute Gasteiger partial charge is 0.318 e. The van der Waals surface area contributed by atoms with Crippen molar-refractivity contribution in [1.29, 1.82) is 0 Å². The highest BCUT2D eigenvalue weighted by atomic mass is 32.1. The van der Waals surface area contributed by atoms with Gasteiger partial charge in [-0.15, -0.1) is 11.3 Å². The van der Waals surface area contributed by atoms with E-state index >= 15 is 0 Å². The van der Waals surface area contributed by atoms with Gasteiger partial charge in [-0.3, -0.25) is 0 Å². The summed E-state index contributed by atoms with van der Waals surface area (Å²) in [5.41, 5.74) is 6.20. The highest BCUT2D eigenvalue weighted by Crippen LogP contribution is 2.25. The summed E-state index contributed by atoms with van der Waals surface area (Å²) < 4.78 is 2.24. The van der Waals surface area contributed by atoms with Crippen LogP contribution < -0.4 is 0 Å². The summed E-state index contributed by atoms with van der Waals surface area (Å²) in [5.74, 6) is 0.932. The number of hydrogen-bond acceptors (Lipinski definition) is 3. The number of hydrogen-bond donors (Lipinski definition) is 0. The second-order valence-electron chi connectivity index (χ2n) is 4.87. The summed E-state index contributed by atoms with van der Waals surface area (Å²) in [7, 11) is 0. The van der Waals surface area contributed by atoms with Crippen LogP contribution in [0.1, 0.15) is 5.56 Å². The summed E-state index contributed by atoms with van der Waals surface area (Å²) in [4.78, 5) is 9.18. The van der Waals surface area contributed by atoms with E-state index in [-0.39, 0.29) is 0 Å². The van der Waals surface area contributed by atoms with Crippen molar-refractivity contribution in [2.24, 2.45) is 0 Å². The Kier molecular flexibility index (Phi) is 3.01. The second kappa shape index (κ2) is 5.14. The number of fused-ring (bicyclic) bond motifs is 1. The number of nitrogens with zero attached hydrogens (tertiary/aromatic N) is 3. The normalized spacial score (nSPS) is 11.0. The quantitative estimate of drug-likeness (QED) is 0.566. The van der Waals surface area contributed by atoms with Crippen molar-refractivity contribution in [3.8, 4) is 11.5 Å². The van der Waals surface area contributed by atoms with Crippen LogP contribution in [0.25, 0.3) is 22.6 Å². The molecule has 0 amide bonds. The topological polar surface area (TPSA) is 30.7 Å². The summed E-state index contributed by atoms with van der Waals surface area (Å²) >= 11 is 1.59. The van der Waals surface area contributed by atoms with Crippen LogP contribution in [-0.2, 0) is 6.54 Å². The van der Waals surface area contributed by atoms with Gasteiger partial charge in [0, 0.05) is 11.9 Å². The lowest BCUT2D eigenvalue weighted by Crippen LogP contribution is -2.02. The molecule has 2 heterocycles. The van der Waals surface area contributed by atoms with Crippen molar-refractivity contribution in [3.63, 3.8) is 0 Å². The van der Waals surface area contributed by atoms with Gasteiger partial charge in [0.15, 0.2) is 5.82 Å². The number of aromatic nitrogens is 3. The third-order valence-electron chi connectivity index (χ3n) is 3.50. The molecule has 0 saturated heterocycles. The minimum absolute atomic E-state index is 0.800. The van der Waals surface area contributed by atoms with Gasteiger partial charge in [-0.2, -0.15) is 0 Å². The third kappa shape index (κ3) is 2.23. The molecule has 0 bridgehead atoms. The summed E-state index contributed by atoms with van der Waals surface area (Å²) in [6, 6.07) is 18.7. The van der Waals surface area contributed by atoms with E-state index in [1.165, 1.54) is 5.56 Å². The molecule has 0 aliphatic heterocycles. The molecule has 0 aliphatic carbocycles. The number of para-hydroxylation sites is 2. The monoisotopic (exact) mass is 291 g/mol. The van der Waals surface area contributed by atoms with Crippen molar-refractivity contribution < 1.29 is 0 Å². The Morgan fingerprint density at radius 1 is 0.952 bits per heavy atom. The van der Waals surface area contributed by atoms with Crippen LogP contribution in [0.5, 0.6) is 0 Å². The van der Waals surface area contributed by atoms with E-state index in [9.17, 15) is 0 Å². The van der Waals surface area contributed by atoms with E-state index in [0.29, 0.717) is 0 Å². The van der Waals surface area contributed by atoms with Crippen LogP contribution in [-0.4, -0.2) is 14.5 Å². The first-order chi connectivity index (χ1) is 10.4. The van der Waals surface area contributed by atoms with Crippen LogP contribution in [0, 0.1) is 0 Å². The molecule has 21 heavy (non-hydrogen) atoms. The van der Waals surface area contributed by atoms with E-state index < -0.39 is 0 Å². The molecule has 0 atom stereocenters. The van der Waals surface area contributed by atoms with Crippen LogP contribution in [0.3, 0.4) is 0 Å². The molecule has 0 aliphatic rings. The van der Waals surface area contributed by atoms with Crippen LogP contribution >= 0.6 is 11.3 Å². The maximum atomic E-state index is 4.76. The molecule has 0 spiro atoms. The number of rotatable bonds is 3. The Bertz CT molecular complexity index is 864. The molecule has 2 aromatic carbocycles. The Balaban J connectivity index is 1.91. The molecular weight excluding hydrogens is 278 g/mol. The van der Waals surface area contributed by atoms with Gasteiger partial charge < -0.3 is 4.57 Å². The molecule has 2 aromatic heterocycles. The van der Waals surface area contributed by atoms with Gasteiger partial charge in [0.25, 0.3) is 0 Å². The van der Waals surface area contributed by atoms with Gasteiger partial charge in [-0.25, -0.2) is 9.97 Å². The van der Waals surface area contributed by atoms with Gasteiger partial charge in [0.05, 0.1) is 16.5 Å². The predicted octanol–water partition coefficient (Wildman–Crippen LogP) is 4.21. The van der Waals surface area contributed by atoms with E-state index in [4.69, 9.17) is 4.98 Å². The Labute approximate surface area is 126 Å². The molecule has 4 aromatic rings. The van der Waals surface area contributed by atoms with Crippen molar-refractivity contribution in [1.82, 2.24) is 14.5 Å². The minimum atomic E-state index is 0.800.